The first-order valence-corrected chi connectivity index (χ1v) is 10.2. The first-order valence-electron chi connectivity index (χ1n) is 9.17. The second-order valence-corrected chi connectivity index (χ2v) is 7.33. The van der Waals surface area contributed by atoms with Gasteiger partial charge in [-0.2, -0.15) is 13.2 Å². The van der Waals surface area contributed by atoms with Gasteiger partial charge >= 0.3 is 12.1 Å². The van der Waals surface area contributed by atoms with E-state index in [0.29, 0.717) is 0 Å². The monoisotopic (exact) mass is 457 g/mol. The van der Waals surface area contributed by atoms with E-state index in [1.807, 2.05) is 31.2 Å². The lowest BCUT2D eigenvalue weighted by molar-refractivity contribution is -0.144. The van der Waals surface area contributed by atoms with Crippen LogP contribution in [0, 0.1) is 6.92 Å². The molecule has 31 heavy (non-hydrogen) atoms. The average molecular weight is 457 g/mol. The molecule has 0 fully saturated rings. The molecule has 2 rings (SSSR count). The van der Waals surface area contributed by atoms with Crippen LogP contribution in [0.4, 0.5) is 18.9 Å². The first-order chi connectivity index (χ1) is 14.7. The maximum absolute atomic E-state index is 13.0. The van der Waals surface area contributed by atoms with Crippen molar-refractivity contribution < 1.29 is 37.0 Å². The second kappa shape index (κ2) is 11.6. The van der Waals surface area contributed by atoms with Gasteiger partial charge in [-0.1, -0.05) is 18.2 Å². The van der Waals surface area contributed by atoms with Crippen molar-refractivity contribution in [2.75, 3.05) is 38.0 Å². The van der Waals surface area contributed by atoms with Crippen LogP contribution in [0.5, 0.6) is 5.75 Å². The number of methoxy groups -OCH3 is 1. The molecule has 2 aromatic carbocycles. The zero-order valence-electron chi connectivity index (χ0n) is 17.0. The number of rotatable bonds is 10. The van der Waals surface area contributed by atoms with Gasteiger partial charge in [-0.25, -0.2) is 0 Å². The van der Waals surface area contributed by atoms with Crippen LogP contribution in [0.1, 0.15) is 11.1 Å². The third-order valence-corrected chi connectivity index (χ3v) is 5.08. The highest BCUT2D eigenvalue weighted by Gasteiger charge is 2.31. The van der Waals surface area contributed by atoms with Crippen molar-refractivity contribution in [2.24, 2.45) is 0 Å². The molecule has 0 bridgehead atoms. The molecule has 0 aliphatic heterocycles. The molecule has 0 atom stereocenters. The number of aryl methyl sites for hydroxylation is 1. The van der Waals surface area contributed by atoms with Gasteiger partial charge in [0.15, 0.2) is 6.61 Å². The summed E-state index contributed by atoms with van der Waals surface area (Å²) in [5, 5.41) is 2.30. The van der Waals surface area contributed by atoms with Gasteiger partial charge in [-0.05, 0) is 36.8 Å². The number of halogens is 3. The quantitative estimate of drug-likeness (QED) is 0.326. The van der Waals surface area contributed by atoms with Gasteiger partial charge in [0.2, 0.25) is 0 Å². The molecule has 0 unspecified atom stereocenters. The van der Waals surface area contributed by atoms with Crippen molar-refractivity contribution in [3.63, 3.8) is 0 Å². The minimum Gasteiger partial charge on any atom is -0.489 e. The maximum Gasteiger partial charge on any atom is 0.416 e. The number of carbonyl (C=O) groups excluding carboxylic acids is 2. The van der Waals surface area contributed by atoms with Crippen molar-refractivity contribution in [3.05, 3.63) is 53.6 Å². The predicted molar refractivity (Wildman–Crippen MR) is 110 cm³/mol. The molecule has 0 saturated carbocycles. The summed E-state index contributed by atoms with van der Waals surface area (Å²) in [6, 6.07) is 10.2. The number of thioether (sulfide) groups is 1. The molecule has 0 aliphatic rings. The van der Waals surface area contributed by atoms with Crippen molar-refractivity contribution in [3.8, 4) is 5.75 Å². The van der Waals surface area contributed by atoms with Gasteiger partial charge in [-0.3, -0.25) is 9.59 Å². The van der Waals surface area contributed by atoms with Crippen molar-refractivity contribution in [1.29, 1.82) is 0 Å². The summed E-state index contributed by atoms with van der Waals surface area (Å²) in [7, 11) is 1.45. The van der Waals surface area contributed by atoms with E-state index in [0.717, 1.165) is 28.7 Å². The first kappa shape index (κ1) is 24.5. The number of anilines is 1. The van der Waals surface area contributed by atoms with E-state index in [9.17, 15) is 22.8 Å². The summed E-state index contributed by atoms with van der Waals surface area (Å²) >= 11 is 1.27. The number of esters is 1. The smallest absolute Gasteiger partial charge is 0.416 e. The largest absolute Gasteiger partial charge is 0.489 e. The predicted octanol–water partition coefficient (Wildman–Crippen LogP) is 4.31. The maximum atomic E-state index is 13.0. The topological polar surface area (TPSA) is 73.9 Å². The van der Waals surface area contributed by atoms with Gasteiger partial charge in [0, 0.05) is 12.0 Å². The Labute approximate surface area is 182 Å². The van der Waals surface area contributed by atoms with Crippen LogP contribution in [0.15, 0.2) is 47.4 Å². The third-order valence-electron chi connectivity index (χ3n) is 3.93. The molecular formula is C21H22F3NO5S. The Morgan fingerprint density at radius 2 is 1.84 bits per heavy atom. The number of alkyl halides is 3. The SMILES string of the molecule is COCCOc1ccc(C(F)(F)F)cc1NC(=O)COC(=O)CSc1ccccc1C. The van der Waals surface area contributed by atoms with Gasteiger partial charge in [0.05, 0.1) is 23.6 Å². The minimum absolute atomic E-state index is 0.00687. The number of hydrogen-bond donors (Lipinski definition) is 1. The summed E-state index contributed by atoms with van der Waals surface area (Å²) in [6.07, 6.45) is -4.59. The third kappa shape index (κ3) is 8.14. The Morgan fingerprint density at radius 3 is 2.52 bits per heavy atom. The average Bonchev–Trinajstić information content (AvgIpc) is 2.72. The molecule has 1 N–H and O–H groups in total. The van der Waals surface area contributed by atoms with Crippen LogP contribution in [0.3, 0.4) is 0 Å². The molecule has 0 heterocycles. The highest BCUT2D eigenvalue weighted by molar-refractivity contribution is 8.00. The van der Waals surface area contributed by atoms with Gasteiger partial charge < -0.3 is 19.5 Å². The molecule has 0 aromatic heterocycles. The molecule has 168 valence electrons. The van der Waals surface area contributed by atoms with Gasteiger partial charge in [-0.15, -0.1) is 11.8 Å². The molecule has 10 heteroatoms. The van der Waals surface area contributed by atoms with Crippen molar-refractivity contribution in [1.82, 2.24) is 0 Å². The number of nitrogens with one attached hydrogen (secondary N) is 1. The standard InChI is InChI=1S/C21H22F3NO5S/c1-14-5-3-4-6-18(14)31-13-20(27)30-12-19(26)25-16-11-15(21(22,23)24)7-8-17(16)29-10-9-28-2/h3-8,11H,9-10,12-13H2,1-2H3,(H,25,26). The summed E-state index contributed by atoms with van der Waals surface area (Å²) in [6.45, 7) is 1.56. The Morgan fingerprint density at radius 1 is 1.10 bits per heavy atom. The van der Waals surface area contributed by atoms with Crippen LogP contribution in [0.2, 0.25) is 0 Å². The van der Waals surface area contributed by atoms with E-state index in [-0.39, 0.29) is 30.4 Å². The fraction of sp³-hybridized carbons (Fsp3) is 0.333. The Balaban J connectivity index is 1.94. The molecule has 0 aliphatic carbocycles. The molecule has 2 aromatic rings. The zero-order chi connectivity index (χ0) is 22.9. The normalized spacial score (nSPS) is 11.1. The summed E-state index contributed by atoms with van der Waals surface area (Å²) < 4.78 is 54.1. The molecule has 0 spiro atoms. The molecule has 0 saturated heterocycles. The summed E-state index contributed by atoms with van der Waals surface area (Å²) in [5.74, 6) is -1.37. The molecule has 6 nitrogen and oxygen atoms in total. The highest BCUT2D eigenvalue weighted by Crippen LogP contribution is 2.35. The molecule has 0 radical (unpaired) electrons. The fourth-order valence-corrected chi connectivity index (χ4v) is 3.22. The van der Waals surface area contributed by atoms with Crippen LogP contribution < -0.4 is 10.1 Å². The van der Waals surface area contributed by atoms with E-state index >= 15 is 0 Å². The van der Waals surface area contributed by atoms with Crippen LogP contribution >= 0.6 is 11.8 Å². The van der Waals surface area contributed by atoms with Crippen molar-refractivity contribution in [2.45, 2.75) is 18.0 Å². The second-order valence-electron chi connectivity index (χ2n) is 6.31. The van der Waals surface area contributed by atoms with Gasteiger partial charge in [0.1, 0.15) is 12.4 Å². The number of amides is 1. The minimum atomic E-state index is -4.59. The number of benzene rings is 2. The summed E-state index contributed by atoms with van der Waals surface area (Å²) in [4.78, 5) is 24.9. The van der Waals surface area contributed by atoms with Gasteiger partial charge in [0.25, 0.3) is 5.91 Å². The lowest BCUT2D eigenvalue weighted by Crippen LogP contribution is -2.22. The van der Waals surface area contributed by atoms with Crippen molar-refractivity contribution >= 4 is 29.3 Å². The number of hydrogen-bond acceptors (Lipinski definition) is 6. The van der Waals surface area contributed by atoms with E-state index in [1.54, 1.807) is 0 Å². The Bertz CT molecular complexity index is 905. The van der Waals surface area contributed by atoms with Crippen LogP contribution in [-0.2, 0) is 25.2 Å². The zero-order valence-corrected chi connectivity index (χ0v) is 17.8. The molecular weight excluding hydrogens is 435 g/mol. The van der Waals surface area contributed by atoms with E-state index in [1.165, 1.54) is 18.9 Å². The van der Waals surface area contributed by atoms with E-state index < -0.39 is 30.2 Å². The lowest BCUT2D eigenvalue weighted by Gasteiger charge is -2.15. The summed E-state index contributed by atoms with van der Waals surface area (Å²) in [5.41, 5.74) is -0.127. The highest BCUT2D eigenvalue weighted by atomic mass is 32.2. The Hall–Kier alpha value is -2.72. The van der Waals surface area contributed by atoms with Crippen LogP contribution in [0.25, 0.3) is 0 Å². The van der Waals surface area contributed by atoms with E-state index in [2.05, 4.69) is 5.32 Å². The molecule has 1 amide bonds. The fourth-order valence-electron chi connectivity index (χ4n) is 2.39. The lowest BCUT2D eigenvalue weighted by atomic mass is 10.1. The van der Waals surface area contributed by atoms with E-state index in [4.69, 9.17) is 14.2 Å². The Kier molecular flexibility index (Phi) is 9.20. The van der Waals surface area contributed by atoms with Crippen LogP contribution in [-0.4, -0.2) is 44.6 Å². The number of ether oxygens (including phenoxy) is 3. The number of carbonyl (C=O) groups is 2.